The molecule has 128 valence electrons. The Morgan fingerprint density at radius 3 is 2.39 bits per heavy atom. The van der Waals surface area contributed by atoms with Crippen LogP contribution in [-0.2, 0) is 11.8 Å². The van der Waals surface area contributed by atoms with E-state index in [0.717, 1.165) is 5.92 Å². The highest BCUT2D eigenvalue weighted by molar-refractivity contribution is 5.42. The van der Waals surface area contributed by atoms with Gasteiger partial charge in [0, 0.05) is 0 Å². The van der Waals surface area contributed by atoms with Crippen molar-refractivity contribution in [2.75, 3.05) is 0 Å². The summed E-state index contributed by atoms with van der Waals surface area (Å²) in [6.07, 6.45) is 6.81. The van der Waals surface area contributed by atoms with Crippen molar-refractivity contribution in [2.45, 2.75) is 91.9 Å². The molecule has 0 saturated heterocycles. The van der Waals surface area contributed by atoms with Crippen molar-refractivity contribution in [2.24, 2.45) is 16.7 Å². The summed E-state index contributed by atoms with van der Waals surface area (Å²) in [5.74, 6) is 1.46. The molecule has 1 fully saturated rings. The Kier molecular flexibility index (Phi) is 3.98. The van der Waals surface area contributed by atoms with Crippen LogP contribution in [0.3, 0.4) is 0 Å². The molecule has 1 aromatic carbocycles. The van der Waals surface area contributed by atoms with Crippen molar-refractivity contribution >= 4 is 0 Å². The van der Waals surface area contributed by atoms with E-state index in [1.165, 1.54) is 37.7 Å². The summed E-state index contributed by atoms with van der Waals surface area (Å²) in [5.41, 5.74) is 6.05. The fourth-order valence-electron chi connectivity index (χ4n) is 5.77. The van der Waals surface area contributed by atoms with E-state index >= 15 is 0 Å². The largest absolute Gasteiger partial charge is 0.0596 e. The molecule has 1 saturated carbocycles. The van der Waals surface area contributed by atoms with Gasteiger partial charge in [-0.05, 0) is 70.5 Å². The van der Waals surface area contributed by atoms with E-state index in [1.54, 1.807) is 11.1 Å². The van der Waals surface area contributed by atoms with Gasteiger partial charge in [0.15, 0.2) is 0 Å². The van der Waals surface area contributed by atoms with Crippen molar-refractivity contribution in [3.8, 4) is 0 Å². The third kappa shape index (κ3) is 2.48. The zero-order valence-corrected chi connectivity index (χ0v) is 16.4. The predicted octanol–water partition coefficient (Wildman–Crippen LogP) is 6.87. The van der Waals surface area contributed by atoms with Crippen LogP contribution < -0.4 is 0 Å². The first-order valence-electron chi connectivity index (χ1n) is 9.73. The lowest BCUT2D eigenvalue weighted by molar-refractivity contribution is -0.0566. The normalized spacial score (nSPS) is 34.2. The molecule has 0 radical (unpaired) electrons. The monoisotopic (exact) mass is 312 g/mol. The van der Waals surface area contributed by atoms with E-state index < -0.39 is 0 Å². The van der Waals surface area contributed by atoms with Crippen LogP contribution >= 0.6 is 0 Å². The Balaban J connectivity index is 2.08. The molecule has 3 rings (SSSR count). The van der Waals surface area contributed by atoms with Gasteiger partial charge in [-0.3, -0.25) is 0 Å². The van der Waals surface area contributed by atoms with E-state index in [9.17, 15) is 0 Å². The highest BCUT2D eigenvalue weighted by Gasteiger charge is 2.55. The Morgan fingerprint density at radius 2 is 1.78 bits per heavy atom. The molecular weight excluding hydrogens is 276 g/mol. The molecule has 2 aliphatic rings. The van der Waals surface area contributed by atoms with Crippen molar-refractivity contribution in [1.29, 1.82) is 0 Å². The van der Waals surface area contributed by atoms with Gasteiger partial charge in [-0.25, -0.2) is 0 Å². The minimum Gasteiger partial charge on any atom is -0.0596 e. The van der Waals surface area contributed by atoms with Gasteiger partial charge in [-0.15, -0.1) is 0 Å². The zero-order chi connectivity index (χ0) is 17.0. The summed E-state index contributed by atoms with van der Waals surface area (Å²) < 4.78 is 0. The molecule has 1 aromatic rings. The van der Waals surface area contributed by atoms with Crippen LogP contribution in [0.15, 0.2) is 18.2 Å². The Hall–Kier alpha value is -0.780. The maximum atomic E-state index is 2.59. The first-order valence-corrected chi connectivity index (χ1v) is 9.73. The third-order valence-electron chi connectivity index (χ3n) is 7.76. The highest BCUT2D eigenvalue weighted by atomic mass is 14.6. The molecule has 0 heteroatoms. The summed E-state index contributed by atoms with van der Waals surface area (Å²) in [6.45, 7) is 17.2. The molecule has 3 atom stereocenters. The van der Waals surface area contributed by atoms with E-state index in [-0.39, 0.29) is 0 Å². The highest BCUT2D eigenvalue weighted by Crippen LogP contribution is 2.62. The lowest BCUT2D eigenvalue weighted by Gasteiger charge is -2.60. The minimum atomic E-state index is 0.378. The molecule has 0 aliphatic heterocycles. The van der Waals surface area contributed by atoms with Crippen LogP contribution in [0.25, 0.3) is 0 Å². The first kappa shape index (κ1) is 17.1. The SMILES string of the molecule is CC(C)c1ccc2c(c1)CCC1C2(C)CCCC1(C)C(C)(C)C. The summed E-state index contributed by atoms with van der Waals surface area (Å²) in [4.78, 5) is 0. The van der Waals surface area contributed by atoms with Crippen LogP contribution in [0.1, 0.15) is 96.8 Å². The van der Waals surface area contributed by atoms with Gasteiger partial charge in [-0.1, -0.05) is 73.1 Å². The molecule has 0 N–H and O–H groups in total. The standard InChI is InChI=1S/C23H36/c1-16(2)17-9-11-19-18(15-17)10-12-20-22(19,6)13-8-14-23(20,7)21(3,4)5/h9,11,15-16,20H,8,10,12-14H2,1-7H3. The Bertz CT molecular complexity index is 589. The smallest absolute Gasteiger partial charge is 0.00388 e. The van der Waals surface area contributed by atoms with E-state index in [1.807, 2.05) is 0 Å². The lowest BCUT2D eigenvalue weighted by Crippen LogP contribution is -2.54. The van der Waals surface area contributed by atoms with Gasteiger partial charge in [0.2, 0.25) is 0 Å². The van der Waals surface area contributed by atoms with Gasteiger partial charge >= 0.3 is 0 Å². The topological polar surface area (TPSA) is 0 Å². The van der Waals surface area contributed by atoms with Crippen molar-refractivity contribution in [3.05, 3.63) is 34.9 Å². The van der Waals surface area contributed by atoms with Gasteiger partial charge in [-0.2, -0.15) is 0 Å². The Morgan fingerprint density at radius 1 is 1.09 bits per heavy atom. The molecule has 0 amide bonds. The third-order valence-corrected chi connectivity index (χ3v) is 7.76. The quantitative estimate of drug-likeness (QED) is 0.531. The van der Waals surface area contributed by atoms with Crippen molar-refractivity contribution in [3.63, 3.8) is 0 Å². The number of aryl methyl sites for hydroxylation is 1. The fourth-order valence-corrected chi connectivity index (χ4v) is 5.77. The van der Waals surface area contributed by atoms with Crippen LogP contribution in [0, 0.1) is 16.7 Å². The summed E-state index contributed by atoms with van der Waals surface area (Å²) >= 11 is 0. The van der Waals surface area contributed by atoms with Gasteiger partial charge < -0.3 is 0 Å². The molecular formula is C23H36. The first-order chi connectivity index (χ1) is 10.6. The number of benzene rings is 1. The number of rotatable bonds is 1. The van der Waals surface area contributed by atoms with Crippen molar-refractivity contribution < 1.29 is 0 Å². The van der Waals surface area contributed by atoms with Crippen LogP contribution in [0.4, 0.5) is 0 Å². The van der Waals surface area contributed by atoms with Crippen LogP contribution in [0.5, 0.6) is 0 Å². The molecule has 0 nitrogen and oxygen atoms in total. The maximum Gasteiger partial charge on any atom is -0.00388 e. The van der Waals surface area contributed by atoms with Gasteiger partial charge in [0.05, 0.1) is 0 Å². The fraction of sp³-hybridized carbons (Fsp3) is 0.739. The predicted molar refractivity (Wildman–Crippen MR) is 101 cm³/mol. The van der Waals surface area contributed by atoms with E-state index in [2.05, 4.69) is 66.7 Å². The summed E-state index contributed by atoms with van der Waals surface area (Å²) in [7, 11) is 0. The average Bonchev–Trinajstić information content (AvgIpc) is 2.45. The molecule has 0 bridgehead atoms. The van der Waals surface area contributed by atoms with Crippen LogP contribution in [-0.4, -0.2) is 0 Å². The minimum absolute atomic E-state index is 0.378. The van der Waals surface area contributed by atoms with E-state index in [0.29, 0.717) is 22.2 Å². The summed E-state index contributed by atoms with van der Waals surface area (Å²) in [6, 6.07) is 7.41. The molecule has 2 aliphatic carbocycles. The second-order valence-electron chi connectivity index (χ2n) is 10.1. The molecule has 3 unspecified atom stereocenters. The van der Waals surface area contributed by atoms with Gasteiger partial charge in [0.1, 0.15) is 0 Å². The molecule has 0 spiro atoms. The van der Waals surface area contributed by atoms with Gasteiger partial charge in [0.25, 0.3) is 0 Å². The second-order valence-corrected chi connectivity index (χ2v) is 10.1. The molecule has 0 heterocycles. The lowest BCUT2D eigenvalue weighted by atomic mass is 9.44. The number of fused-ring (bicyclic) bond motifs is 3. The maximum absolute atomic E-state index is 2.59. The second kappa shape index (κ2) is 5.36. The Labute approximate surface area is 144 Å². The average molecular weight is 313 g/mol. The van der Waals surface area contributed by atoms with Crippen molar-refractivity contribution in [1.82, 2.24) is 0 Å². The molecule has 23 heavy (non-hydrogen) atoms. The van der Waals surface area contributed by atoms with E-state index in [4.69, 9.17) is 0 Å². The molecule has 0 aromatic heterocycles. The summed E-state index contributed by atoms with van der Waals surface area (Å²) in [5, 5.41) is 0. The number of hydrogen-bond donors (Lipinski definition) is 0. The van der Waals surface area contributed by atoms with Crippen LogP contribution in [0.2, 0.25) is 0 Å². The zero-order valence-electron chi connectivity index (χ0n) is 16.4. The number of hydrogen-bond acceptors (Lipinski definition) is 0.